The first-order chi connectivity index (χ1) is 15.3. The minimum atomic E-state index is -3.60. The molecule has 0 atom stereocenters. The first-order valence-electron chi connectivity index (χ1n) is 10.6. The molecule has 2 aromatic rings. The molecule has 1 heterocycles. The predicted molar refractivity (Wildman–Crippen MR) is 117 cm³/mol. The van der Waals surface area contributed by atoms with E-state index in [2.05, 4.69) is 0 Å². The van der Waals surface area contributed by atoms with Gasteiger partial charge in [-0.15, -0.1) is 0 Å². The van der Waals surface area contributed by atoms with Gasteiger partial charge in [0.05, 0.1) is 9.82 Å². The van der Waals surface area contributed by atoms with Gasteiger partial charge in [-0.05, 0) is 61.1 Å². The molecule has 1 aliphatic carbocycles. The number of benzene rings is 2. The molecule has 170 valence electrons. The number of sulfonamides is 1. The molecule has 32 heavy (non-hydrogen) atoms. The lowest BCUT2D eigenvalue weighted by Crippen LogP contribution is -2.51. The van der Waals surface area contributed by atoms with Gasteiger partial charge in [0.25, 0.3) is 11.6 Å². The number of amides is 1. The zero-order chi connectivity index (χ0) is 22.7. The number of hydrogen-bond donors (Lipinski definition) is 0. The van der Waals surface area contributed by atoms with Crippen molar-refractivity contribution in [1.29, 1.82) is 0 Å². The van der Waals surface area contributed by atoms with E-state index in [1.54, 1.807) is 17.0 Å². The number of carbonyl (C=O) groups is 1. The number of nitro groups is 1. The van der Waals surface area contributed by atoms with E-state index in [1.807, 2.05) is 6.07 Å². The van der Waals surface area contributed by atoms with Crippen LogP contribution >= 0.6 is 0 Å². The van der Waals surface area contributed by atoms with Crippen LogP contribution in [0.1, 0.15) is 24.0 Å². The summed E-state index contributed by atoms with van der Waals surface area (Å²) in [5, 5.41) is 10.7. The van der Waals surface area contributed by atoms with Crippen LogP contribution in [0, 0.1) is 10.1 Å². The van der Waals surface area contributed by atoms with Crippen LogP contribution in [0.15, 0.2) is 47.4 Å². The molecule has 9 nitrogen and oxygen atoms in total. The van der Waals surface area contributed by atoms with E-state index in [0.29, 0.717) is 10.6 Å². The van der Waals surface area contributed by atoms with Crippen LogP contribution < -0.4 is 4.74 Å². The van der Waals surface area contributed by atoms with Crippen LogP contribution in [0.3, 0.4) is 0 Å². The highest BCUT2D eigenvalue weighted by molar-refractivity contribution is 7.89. The Morgan fingerprint density at radius 2 is 1.62 bits per heavy atom. The number of nitrogens with zero attached hydrogens (tertiary/aromatic N) is 3. The Morgan fingerprint density at radius 1 is 0.969 bits per heavy atom. The van der Waals surface area contributed by atoms with Crippen LogP contribution in [0.5, 0.6) is 5.75 Å². The zero-order valence-corrected chi connectivity index (χ0v) is 18.4. The molecule has 0 saturated carbocycles. The van der Waals surface area contributed by atoms with Crippen LogP contribution in [-0.2, 0) is 27.7 Å². The van der Waals surface area contributed by atoms with Gasteiger partial charge in [-0.1, -0.05) is 6.07 Å². The number of fused-ring (bicyclic) bond motifs is 1. The summed E-state index contributed by atoms with van der Waals surface area (Å²) in [4.78, 5) is 24.5. The molecule has 1 aliphatic heterocycles. The maximum atomic E-state index is 13.1. The highest BCUT2D eigenvalue weighted by atomic mass is 32.2. The van der Waals surface area contributed by atoms with Gasteiger partial charge >= 0.3 is 0 Å². The third-order valence-corrected chi connectivity index (χ3v) is 7.85. The molecule has 0 radical (unpaired) electrons. The fourth-order valence-corrected chi connectivity index (χ4v) is 5.57. The minimum Gasteiger partial charge on any atom is -0.484 e. The molecule has 1 amide bonds. The Bertz CT molecular complexity index is 1110. The molecule has 0 bridgehead atoms. The van der Waals surface area contributed by atoms with Crippen molar-refractivity contribution in [3.05, 3.63) is 63.7 Å². The van der Waals surface area contributed by atoms with Gasteiger partial charge in [0, 0.05) is 38.3 Å². The Kier molecular flexibility index (Phi) is 6.43. The standard InChI is InChI=1S/C22H25N3O6S/c26-22(16-31-20-8-6-19(7-9-20)25(27)28)23-11-13-24(14-12-23)32(29,30)21-10-5-17-3-1-2-4-18(17)15-21/h5-10,15H,1-4,11-14,16H2. The van der Waals surface area contributed by atoms with Crippen LogP contribution in [0.2, 0.25) is 0 Å². The van der Waals surface area contributed by atoms with Gasteiger partial charge in [0.2, 0.25) is 10.0 Å². The van der Waals surface area contributed by atoms with E-state index in [1.165, 1.54) is 34.1 Å². The van der Waals surface area contributed by atoms with Gasteiger partial charge in [0.1, 0.15) is 5.75 Å². The summed E-state index contributed by atoms with van der Waals surface area (Å²) < 4.78 is 33.0. The molecule has 0 N–H and O–H groups in total. The Morgan fingerprint density at radius 3 is 2.28 bits per heavy atom. The molecule has 2 aromatic carbocycles. The summed E-state index contributed by atoms with van der Waals surface area (Å²) in [6, 6.07) is 10.9. The zero-order valence-electron chi connectivity index (χ0n) is 17.6. The average Bonchev–Trinajstić information content (AvgIpc) is 2.82. The minimum absolute atomic E-state index is 0.0556. The average molecular weight is 460 g/mol. The first kappa shape index (κ1) is 22.2. The topological polar surface area (TPSA) is 110 Å². The normalized spacial score (nSPS) is 16.9. The molecular formula is C22H25N3O6S. The highest BCUT2D eigenvalue weighted by Gasteiger charge is 2.30. The summed E-state index contributed by atoms with van der Waals surface area (Å²) in [6.07, 6.45) is 4.14. The van der Waals surface area contributed by atoms with Crippen molar-refractivity contribution in [2.75, 3.05) is 32.8 Å². The highest BCUT2D eigenvalue weighted by Crippen LogP contribution is 2.26. The third-order valence-electron chi connectivity index (χ3n) is 5.96. The van der Waals surface area contributed by atoms with Crippen molar-refractivity contribution in [3.63, 3.8) is 0 Å². The second kappa shape index (κ2) is 9.25. The number of piperazine rings is 1. The van der Waals surface area contributed by atoms with Crippen molar-refractivity contribution in [3.8, 4) is 5.75 Å². The number of nitro benzene ring substituents is 1. The molecule has 1 fully saturated rings. The van der Waals surface area contributed by atoms with Crippen LogP contribution in [-0.4, -0.2) is 61.2 Å². The number of carbonyl (C=O) groups excluding carboxylic acids is 1. The Hall–Kier alpha value is -2.98. The lowest BCUT2D eigenvalue weighted by molar-refractivity contribution is -0.384. The summed E-state index contributed by atoms with van der Waals surface area (Å²) in [5.74, 6) is 0.103. The smallest absolute Gasteiger partial charge is 0.269 e. The molecule has 4 rings (SSSR count). The lowest BCUT2D eigenvalue weighted by atomic mass is 9.92. The third kappa shape index (κ3) is 4.76. The number of non-ortho nitro benzene ring substituents is 1. The fraction of sp³-hybridized carbons (Fsp3) is 0.409. The van der Waals surface area contributed by atoms with Crippen LogP contribution in [0.25, 0.3) is 0 Å². The molecular weight excluding hydrogens is 434 g/mol. The quantitative estimate of drug-likeness (QED) is 0.485. The monoisotopic (exact) mass is 459 g/mol. The van der Waals surface area contributed by atoms with Gasteiger partial charge in [-0.3, -0.25) is 14.9 Å². The number of hydrogen-bond acceptors (Lipinski definition) is 6. The summed E-state index contributed by atoms with van der Waals surface area (Å²) in [6.45, 7) is 0.806. The SMILES string of the molecule is O=C(COc1ccc([N+](=O)[O-])cc1)N1CCN(S(=O)(=O)c2ccc3c(c2)CCCC3)CC1. The van der Waals surface area contributed by atoms with Gasteiger partial charge < -0.3 is 9.64 Å². The number of ether oxygens (including phenoxy) is 1. The molecule has 2 aliphatic rings. The molecule has 10 heteroatoms. The van der Waals surface area contributed by atoms with Gasteiger partial charge in [0.15, 0.2) is 6.61 Å². The number of rotatable bonds is 6. The van der Waals surface area contributed by atoms with E-state index in [0.717, 1.165) is 31.2 Å². The summed E-state index contributed by atoms with van der Waals surface area (Å²) in [7, 11) is -3.60. The van der Waals surface area contributed by atoms with Crippen molar-refractivity contribution in [1.82, 2.24) is 9.21 Å². The Balaban J connectivity index is 1.32. The van der Waals surface area contributed by atoms with E-state index in [4.69, 9.17) is 4.74 Å². The second-order valence-electron chi connectivity index (χ2n) is 7.96. The van der Waals surface area contributed by atoms with E-state index >= 15 is 0 Å². The summed E-state index contributed by atoms with van der Waals surface area (Å²) >= 11 is 0. The van der Waals surface area contributed by atoms with Crippen molar-refractivity contribution in [2.24, 2.45) is 0 Å². The van der Waals surface area contributed by atoms with E-state index < -0.39 is 14.9 Å². The Labute approximate surface area is 186 Å². The fourth-order valence-electron chi connectivity index (χ4n) is 4.10. The lowest BCUT2D eigenvalue weighted by Gasteiger charge is -2.34. The van der Waals surface area contributed by atoms with Crippen molar-refractivity contribution >= 4 is 21.6 Å². The van der Waals surface area contributed by atoms with E-state index in [-0.39, 0.29) is 44.4 Å². The van der Waals surface area contributed by atoms with Gasteiger partial charge in [-0.25, -0.2) is 8.42 Å². The van der Waals surface area contributed by atoms with E-state index in [9.17, 15) is 23.3 Å². The van der Waals surface area contributed by atoms with Crippen molar-refractivity contribution in [2.45, 2.75) is 30.6 Å². The maximum absolute atomic E-state index is 13.1. The van der Waals surface area contributed by atoms with Crippen LogP contribution in [0.4, 0.5) is 5.69 Å². The van der Waals surface area contributed by atoms with Gasteiger partial charge in [-0.2, -0.15) is 4.31 Å². The molecule has 0 spiro atoms. The summed E-state index contributed by atoms with van der Waals surface area (Å²) in [5.41, 5.74) is 2.30. The molecule has 0 unspecified atom stereocenters. The predicted octanol–water partition coefficient (Wildman–Crippen LogP) is 2.39. The largest absolute Gasteiger partial charge is 0.484 e. The number of aryl methyl sites for hydroxylation is 2. The molecule has 0 aromatic heterocycles. The second-order valence-corrected chi connectivity index (χ2v) is 9.90. The molecule has 1 saturated heterocycles. The maximum Gasteiger partial charge on any atom is 0.269 e. The first-order valence-corrected chi connectivity index (χ1v) is 12.1. The van der Waals surface area contributed by atoms with Crippen molar-refractivity contribution < 1.29 is 22.9 Å².